The average molecular weight is 439 g/mol. The topological polar surface area (TPSA) is 120 Å². The SMILES string of the molecule is O=C1CC2(CCC2)C(C(=O)N2CCCCC2CCNC(=O)c2cncc3[nH]cnc23)CN1. The molecule has 1 saturated carbocycles. The van der Waals surface area contributed by atoms with Crippen LogP contribution in [0, 0.1) is 11.3 Å². The van der Waals surface area contributed by atoms with Crippen LogP contribution in [0.2, 0.25) is 0 Å². The molecule has 5 rings (SSSR count). The molecule has 32 heavy (non-hydrogen) atoms. The lowest BCUT2D eigenvalue weighted by Gasteiger charge is -2.51. The molecule has 170 valence electrons. The number of amides is 3. The molecule has 3 N–H and O–H groups in total. The van der Waals surface area contributed by atoms with E-state index in [4.69, 9.17) is 0 Å². The Kier molecular flexibility index (Phi) is 5.57. The van der Waals surface area contributed by atoms with Crippen molar-refractivity contribution in [1.29, 1.82) is 0 Å². The van der Waals surface area contributed by atoms with E-state index in [0.717, 1.165) is 50.6 Å². The third-order valence-electron chi connectivity index (χ3n) is 7.65. The second-order valence-corrected chi connectivity index (χ2v) is 9.46. The van der Waals surface area contributed by atoms with E-state index >= 15 is 0 Å². The molecule has 9 nitrogen and oxygen atoms in total. The average Bonchev–Trinajstić information content (AvgIpc) is 3.27. The van der Waals surface area contributed by atoms with E-state index in [9.17, 15) is 14.4 Å². The third-order valence-corrected chi connectivity index (χ3v) is 7.65. The van der Waals surface area contributed by atoms with Crippen molar-refractivity contribution in [2.45, 2.75) is 57.4 Å². The fourth-order valence-corrected chi connectivity index (χ4v) is 5.71. The highest BCUT2D eigenvalue weighted by Gasteiger charge is 2.52. The third kappa shape index (κ3) is 3.73. The molecule has 3 aliphatic rings. The predicted molar refractivity (Wildman–Crippen MR) is 118 cm³/mol. The van der Waals surface area contributed by atoms with Gasteiger partial charge in [0.1, 0.15) is 5.52 Å². The van der Waals surface area contributed by atoms with Crippen molar-refractivity contribution in [2.75, 3.05) is 19.6 Å². The van der Waals surface area contributed by atoms with Crippen molar-refractivity contribution in [3.63, 3.8) is 0 Å². The number of hydrogen-bond donors (Lipinski definition) is 3. The number of carbonyl (C=O) groups is 3. The monoisotopic (exact) mass is 438 g/mol. The summed E-state index contributed by atoms with van der Waals surface area (Å²) in [4.78, 5) is 51.6. The zero-order valence-electron chi connectivity index (χ0n) is 18.2. The minimum absolute atomic E-state index is 0.0769. The molecule has 9 heteroatoms. The smallest absolute Gasteiger partial charge is 0.255 e. The van der Waals surface area contributed by atoms with Gasteiger partial charge in [0.15, 0.2) is 0 Å². The van der Waals surface area contributed by atoms with Crippen LogP contribution in [0.25, 0.3) is 11.0 Å². The van der Waals surface area contributed by atoms with E-state index in [2.05, 4.69) is 25.6 Å². The minimum atomic E-state index is -0.202. The van der Waals surface area contributed by atoms with Gasteiger partial charge in [-0.25, -0.2) is 4.98 Å². The van der Waals surface area contributed by atoms with Gasteiger partial charge < -0.3 is 20.5 Å². The highest BCUT2D eigenvalue weighted by molar-refractivity contribution is 6.04. The molecule has 4 heterocycles. The summed E-state index contributed by atoms with van der Waals surface area (Å²) < 4.78 is 0. The summed E-state index contributed by atoms with van der Waals surface area (Å²) in [6.45, 7) is 1.70. The maximum Gasteiger partial charge on any atom is 0.255 e. The Bertz CT molecular complexity index is 1030. The number of nitrogens with one attached hydrogen (secondary N) is 3. The second kappa shape index (κ2) is 8.52. The molecule has 2 aromatic heterocycles. The molecular formula is C23H30N6O3. The lowest BCUT2D eigenvalue weighted by Crippen LogP contribution is -2.59. The Morgan fingerprint density at radius 1 is 1.22 bits per heavy atom. The predicted octanol–water partition coefficient (Wildman–Crippen LogP) is 1.77. The second-order valence-electron chi connectivity index (χ2n) is 9.46. The van der Waals surface area contributed by atoms with Crippen LogP contribution in [0.4, 0.5) is 0 Å². The number of carbonyl (C=O) groups excluding carboxylic acids is 3. The lowest BCUT2D eigenvalue weighted by molar-refractivity contribution is -0.152. The van der Waals surface area contributed by atoms with Crippen LogP contribution in [-0.2, 0) is 9.59 Å². The molecule has 2 aliphatic heterocycles. The van der Waals surface area contributed by atoms with Crippen molar-refractivity contribution in [3.05, 3.63) is 24.3 Å². The van der Waals surface area contributed by atoms with Gasteiger partial charge in [0.2, 0.25) is 11.8 Å². The largest absolute Gasteiger partial charge is 0.355 e. The zero-order chi connectivity index (χ0) is 22.1. The Morgan fingerprint density at radius 3 is 2.91 bits per heavy atom. The number of H-pyrrole nitrogens is 1. The molecule has 1 aliphatic carbocycles. The standard InChI is InChI=1S/C23H30N6O3/c30-19-10-23(6-3-7-23)17(12-26-19)22(32)29-9-2-1-4-15(29)5-8-25-21(31)16-11-24-13-18-20(16)28-14-27-18/h11,13-15,17H,1-10,12H2,(H,25,31)(H,26,30)(H,27,28). The first-order valence-electron chi connectivity index (χ1n) is 11.7. The van der Waals surface area contributed by atoms with Crippen LogP contribution in [0.1, 0.15) is 61.7 Å². The Morgan fingerprint density at radius 2 is 2.09 bits per heavy atom. The number of piperidine rings is 2. The lowest BCUT2D eigenvalue weighted by atomic mass is 9.57. The molecule has 2 atom stereocenters. The molecule has 1 spiro atoms. The summed E-state index contributed by atoms with van der Waals surface area (Å²) in [7, 11) is 0. The molecule has 3 fully saturated rings. The van der Waals surface area contributed by atoms with Gasteiger partial charge >= 0.3 is 0 Å². The Balaban J connectivity index is 1.22. The molecule has 0 aromatic carbocycles. The minimum Gasteiger partial charge on any atom is -0.355 e. The van der Waals surface area contributed by atoms with Crippen molar-refractivity contribution in [2.24, 2.45) is 11.3 Å². The zero-order valence-corrected chi connectivity index (χ0v) is 18.2. The van der Waals surface area contributed by atoms with Crippen molar-refractivity contribution in [3.8, 4) is 0 Å². The van der Waals surface area contributed by atoms with Crippen LogP contribution >= 0.6 is 0 Å². The molecule has 0 bridgehead atoms. The van der Waals surface area contributed by atoms with Gasteiger partial charge in [-0.1, -0.05) is 6.42 Å². The van der Waals surface area contributed by atoms with Gasteiger partial charge in [-0.05, 0) is 43.9 Å². The number of aromatic nitrogens is 3. The summed E-state index contributed by atoms with van der Waals surface area (Å²) >= 11 is 0. The van der Waals surface area contributed by atoms with Crippen LogP contribution in [0.15, 0.2) is 18.7 Å². The molecule has 0 radical (unpaired) electrons. The molecule has 2 aromatic rings. The number of likely N-dealkylation sites (tertiary alicyclic amines) is 1. The van der Waals surface area contributed by atoms with Crippen molar-refractivity contribution in [1.82, 2.24) is 30.5 Å². The van der Waals surface area contributed by atoms with Gasteiger partial charge in [0.25, 0.3) is 5.91 Å². The Labute approximate surface area is 186 Å². The fraction of sp³-hybridized carbons (Fsp3) is 0.609. The number of pyridine rings is 1. The van der Waals surface area contributed by atoms with Crippen LogP contribution < -0.4 is 10.6 Å². The van der Waals surface area contributed by atoms with Crippen LogP contribution in [-0.4, -0.2) is 63.2 Å². The number of nitrogens with zero attached hydrogens (tertiary/aromatic N) is 3. The van der Waals surface area contributed by atoms with E-state index in [1.807, 2.05) is 4.90 Å². The maximum atomic E-state index is 13.6. The summed E-state index contributed by atoms with van der Waals surface area (Å²) in [6, 6.07) is 0.116. The number of rotatable bonds is 5. The van der Waals surface area contributed by atoms with E-state index in [1.54, 1.807) is 12.5 Å². The van der Waals surface area contributed by atoms with Gasteiger partial charge in [0.05, 0.1) is 29.5 Å². The first-order chi connectivity index (χ1) is 15.6. The number of fused-ring (bicyclic) bond motifs is 1. The highest BCUT2D eigenvalue weighted by Crippen LogP contribution is 2.52. The van der Waals surface area contributed by atoms with Gasteiger partial charge in [-0.2, -0.15) is 0 Å². The molecule has 2 saturated heterocycles. The first-order valence-corrected chi connectivity index (χ1v) is 11.7. The number of imidazole rings is 1. The van der Waals surface area contributed by atoms with Gasteiger partial charge in [0, 0.05) is 38.3 Å². The summed E-state index contributed by atoms with van der Waals surface area (Å²) in [5, 5.41) is 5.90. The molecule has 2 unspecified atom stereocenters. The summed E-state index contributed by atoms with van der Waals surface area (Å²) in [6.07, 6.45) is 12.0. The Hall–Kier alpha value is -2.97. The van der Waals surface area contributed by atoms with Gasteiger partial charge in [-0.3, -0.25) is 19.4 Å². The van der Waals surface area contributed by atoms with Crippen LogP contribution in [0.3, 0.4) is 0 Å². The molecular weight excluding hydrogens is 408 g/mol. The van der Waals surface area contributed by atoms with Crippen LogP contribution in [0.5, 0.6) is 0 Å². The fourth-order valence-electron chi connectivity index (χ4n) is 5.71. The van der Waals surface area contributed by atoms with Crippen molar-refractivity contribution >= 4 is 28.8 Å². The van der Waals surface area contributed by atoms with E-state index in [1.165, 1.54) is 6.20 Å². The normalized spacial score (nSPS) is 24.8. The van der Waals surface area contributed by atoms with E-state index in [0.29, 0.717) is 37.0 Å². The molecule has 3 amide bonds. The number of aromatic amines is 1. The quantitative estimate of drug-likeness (QED) is 0.657. The summed E-state index contributed by atoms with van der Waals surface area (Å²) in [5.41, 5.74) is 1.65. The summed E-state index contributed by atoms with van der Waals surface area (Å²) in [5.74, 6) is -0.0564. The highest BCUT2D eigenvalue weighted by atomic mass is 16.2. The van der Waals surface area contributed by atoms with Crippen molar-refractivity contribution < 1.29 is 14.4 Å². The maximum absolute atomic E-state index is 13.6. The van der Waals surface area contributed by atoms with E-state index in [-0.39, 0.29) is 35.1 Å². The van der Waals surface area contributed by atoms with E-state index < -0.39 is 0 Å². The number of hydrogen-bond acceptors (Lipinski definition) is 5. The van der Waals surface area contributed by atoms with Gasteiger partial charge in [-0.15, -0.1) is 0 Å². The first kappa shape index (κ1) is 20.9.